The van der Waals surface area contributed by atoms with E-state index in [2.05, 4.69) is 19.2 Å². The quantitative estimate of drug-likeness (QED) is 0.750. The van der Waals surface area contributed by atoms with E-state index in [1.165, 1.54) is 16.0 Å². The van der Waals surface area contributed by atoms with Crippen LogP contribution in [-0.4, -0.2) is 6.61 Å². The highest BCUT2D eigenvalue weighted by Gasteiger charge is 2.23. The third-order valence-corrected chi connectivity index (χ3v) is 3.46. The molecule has 1 aliphatic heterocycles. The molecule has 1 aromatic heterocycles. The molecule has 2 N–H and O–H groups in total. The molecule has 0 amide bonds. The molecular weight excluding hydrogens is 182 g/mol. The molecule has 0 saturated carbocycles. The van der Waals surface area contributed by atoms with E-state index < -0.39 is 0 Å². The van der Waals surface area contributed by atoms with E-state index in [-0.39, 0.29) is 6.04 Å². The first-order valence-corrected chi connectivity index (χ1v) is 5.51. The van der Waals surface area contributed by atoms with Gasteiger partial charge in [0.25, 0.3) is 0 Å². The van der Waals surface area contributed by atoms with Gasteiger partial charge >= 0.3 is 0 Å². The van der Waals surface area contributed by atoms with Crippen molar-refractivity contribution in [2.24, 2.45) is 5.73 Å². The van der Waals surface area contributed by atoms with Gasteiger partial charge in [0.05, 0.1) is 19.3 Å². The number of rotatable bonds is 1. The third-order valence-electron chi connectivity index (χ3n) is 2.46. The second-order valence-corrected chi connectivity index (χ2v) is 4.77. The first-order chi connectivity index (χ1) is 6.20. The van der Waals surface area contributed by atoms with Crippen LogP contribution in [0.3, 0.4) is 0 Å². The molecule has 0 bridgehead atoms. The van der Waals surface area contributed by atoms with Crippen molar-refractivity contribution < 1.29 is 4.74 Å². The highest BCUT2D eigenvalue weighted by atomic mass is 32.1. The van der Waals surface area contributed by atoms with Crippen LogP contribution in [0.1, 0.15) is 41.8 Å². The summed E-state index contributed by atoms with van der Waals surface area (Å²) in [6.07, 6.45) is 0. The second-order valence-electron chi connectivity index (χ2n) is 3.80. The maximum absolute atomic E-state index is 6.01. The summed E-state index contributed by atoms with van der Waals surface area (Å²) in [7, 11) is 0. The van der Waals surface area contributed by atoms with Gasteiger partial charge in [-0.15, -0.1) is 11.3 Å². The van der Waals surface area contributed by atoms with Gasteiger partial charge < -0.3 is 10.5 Å². The van der Waals surface area contributed by atoms with Crippen LogP contribution >= 0.6 is 11.3 Å². The standard InChI is InChI=1S/C10H15NOS/c1-6(2)7-5-13-9-4-12-3-8(11)10(7)9/h5-6,8H,3-4,11H2,1-2H3. The fraction of sp³-hybridized carbons (Fsp3) is 0.600. The van der Waals surface area contributed by atoms with Gasteiger partial charge in [-0.1, -0.05) is 13.8 Å². The molecule has 72 valence electrons. The van der Waals surface area contributed by atoms with Gasteiger partial charge in [0, 0.05) is 4.88 Å². The average Bonchev–Trinajstić information content (AvgIpc) is 2.49. The maximum atomic E-state index is 6.01. The number of nitrogens with two attached hydrogens (primary N) is 1. The summed E-state index contributed by atoms with van der Waals surface area (Å²) >= 11 is 1.78. The molecule has 1 atom stereocenters. The van der Waals surface area contributed by atoms with Crippen molar-refractivity contribution in [2.45, 2.75) is 32.4 Å². The zero-order valence-corrected chi connectivity index (χ0v) is 8.86. The highest BCUT2D eigenvalue weighted by Crippen LogP contribution is 2.35. The Labute approximate surface area is 82.7 Å². The van der Waals surface area contributed by atoms with Gasteiger partial charge in [-0.3, -0.25) is 0 Å². The first-order valence-electron chi connectivity index (χ1n) is 4.63. The summed E-state index contributed by atoms with van der Waals surface area (Å²) < 4.78 is 5.39. The first kappa shape index (κ1) is 9.19. The molecule has 1 aromatic rings. The van der Waals surface area contributed by atoms with E-state index in [1.807, 2.05) is 0 Å². The van der Waals surface area contributed by atoms with Gasteiger partial charge in [-0.2, -0.15) is 0 Å². The highest BCUT2D eigenvalue weighted by molar-refractivity contribution is 7.10. The molecule has 3 heteroatoms. The molecule has 13 heavy (non-hydrogen) atoms. The predicted octanol–water partition coefficient (Wildman–Crippen LogP) is 2.40. The Bertz CT molecular complexity index is 306. The van der Waals surface area contributed by atoms with Crippen molar-refractivity contribution in [3.63, 3.8) is 0 Å². The monoisotopic (exact) mass is 197 g/mol. The van der Waals surface area contributed by atoms with Crippen molar-refractivity contribution in [1.82, 2.24) is 0 Å². The van der Waals surface area contributed by atoms with Crippen molar-refractivity contribution in [3.8, 4) is 0 Å². The Balaban J connectivity index is 2.44. The second kappa shape index (κ2) is 3.40. The van der Waals surface area contributed by atoms with Crippen LogP contribution in [0.5, 0.6) is 0 Å². The number of fused-ring (bicyclic) bond motifs is 1. The van der Waals surface area contributed by atoms with Crippen molar-refractivity contribution in [3.05, 3.63) is 21.4 Å². The van der Waals surface area contributed by atoms with Crippen LogP contribution < -0.4 is 5.73 Å². The SMILES string of the molecule is CC(C)c1csc2c1C(N)COC2. The van der Waals surface area contributed by atoms with Crippen molar-refractivity contribution in [2.75, 3.05) is 6.61 Å². The summed E-state index contributed by atoms with van der Waals surface area (Å²) in [5.41, 5.74) is 8.78. The van der Waals surface area contributed by atoms with Gasteiger partial charge in [-0.05, 0) is 22.4 Å². The largest absolute Gasteiger partial charge is 0.374 e. The molecule has 0 aromatic carbocycles. The van der Waals surface area contributed by atoms with E-state index in [0.717, 1.165) is 6.61 Å². The van der Waals surface area contributed by atoms with Gasteiger partial charge in [0.2, 0.25) is 0 Å². The van der Waals surface area contributed by atoms with Crippen LogP contribution in [0, 0.1) is 0 Å². The Morgan fingerprint density at radius 1 is 1.62 bits per heavy atom. The minimum Gasteiger partial charge on any atom is -0.374 e. The smallest absolute Gasteiger partial charge is 0.0813 e. The summed E-state index contributed by atoms with van der Waals surface area (Å²) in [5.74, 6) is 0.573. The minimum atomic E-state index is 0.0902. The fourth-order valence-electron chi connectivity index (χ4n) is 1.76. The molecule has 1 unspecified atom stereocenters. The predicted molar refractivity (Wildman–Crippen MR) is 55.0 cm³/mol. The van der Waals surface area contributed by atoms with Crippen molar-refractivity contribution >= 4 is 11.3 Å². The molecule has 2 nitrogen and oxygen atoms in total. The molecular formula is C10H15NOS. The molecule has 2 rings (SSSR count). The van der Waals surface area contributed by atoms with E-state index >= 15 is 0 Å². The Morgan fingerprint density at radius 2 is 2.38 bits per heavy atom. The molecule has 0 saturated heterocycles. The average molecular weight is 197 g/mol. The fourth-order valence-corrected chi connectivity index (χ4v) is 2.98. The molecule has 0 radical (unpaired) electrons. The van der Waals surface area contributed by atoms with E-state index in [0.29, 0.717) is 12.5 Å². The van der Waals surface area contributed by atoms with E-state index in [1.54, 1.807) is 11.3 Å². The summed E-state index contributed by atoms with van der Waals surface area (Å²) in [6, 6.07) is 0.0902. The van der Waals surface area contributed by atoms with Gasteiger partial charge in [-0.25, -0.2) is 0 Å². The van der Waals surface area contributed by atoms with E-state index in [9.17, 15) is 0 Å². The molecule has 0 spiro atoms. The lowest BCUT2D eigenvalue weighted by Gasteiger charge is -2.21. The van der Waals surface area contributed by atoms with Crippen LogP contribution in [-0.2, 0) is 11.3 Å². The summed E-state index contributed by atoms with van der Waals surface area (Å²) in [6.45, 7) is 5.85. The Morgan fingerprint density at radius 3 is 3.08 bits per heavy atom. The number of hydrogen-bond acceptors (Lipinski definition) is 3. The maximum Gasteiger partial charge on any atom is 0.0813 e. The molecule has 2 heterocycles. The molecule has 0 aliphatic carbocycles. The molecule has 1 aliphatic rings. The van der Waals surface area contributed by atoms with Gasteiger partial charge in [0.15, 0.2) is 0 Å². The van der Waals surface area contributed by atoms with Crippen LogP contribution in [0.15, 0.2) is 5.38 Å². The normalized spacial score (nSPS) is 22.0. The van der Waals surface area contributed by atoms with Crippen LogP contribution in [0.25, 0.3) is 0 Å². The number of thiophene rings is 1. The summed E-state index contributed by atoms with van der Waals surface area (Å²) in [5, 5.41) is 2.23. The lowest BCUT2D eigenvalue weighted by atomic mass is 9.95. The minimum absolute atomic E-state index is 0.0902. The van der Waals surface area contributed by atoms with Gasteiger partial charge in [0.1, 0.15) is 0 Å². The Kier molecular flexibility index (Phi) is 2.41. The number of hydrogen-bond donors (Lipinski definition) is 1. The molecule has 0 fully saturated rings. The third kappa shape index (κ3) is 1.52. The lowest BCUT2D eigenvalue weighted by molar-refractivity contribution is 0.0948. The zero-order valence-electron chi connectivity index (χ0n) is 8.04. The van der Waals surface area contributed by atoms with Crippen LogP contribution in [0.2, 0.25) is 0 Å². The lowest BCUT2D eigenvalue weighted by Crippen LogP contribution is -2.23. The summed E-state index contributed by atoms with van der Waals surface area (Å²) in [4.78, 5) is 1.32. The van der Waals surface area contributed by atoms with Crippen molar-refractivity contribution in [1.29, 1.82) is 0 Å². The number of ether oxygens (including phenoxy) is 1. The van der Waals surface area contributed by atoms with Crippen LogP contribution in [0.4, 0.5) is 0 Å². The Hall–Kier alpha value is -0.380. The zero-order chi connectivity index (χ0) is 9.42. The topological polar surface area (TPSA) is 35.2 Å². The van der Waals surface area contributed by atoms with E-state index in [4.69, 9.17) is 10.5 Å².